The number of alkyl halides is 3. The van der Waals surface area contributed by atoms with Gasteiger partial charge in [-0.3, -0.25) is 9.58 Å². The van der Waals surface area contributed by atoms with Crippen molar-refractivity contribution in [2.75, 3.05) is 26.0 Å². The fourth-order valence-electron chi connectivity index (χ4n) is 3.58. The minimum absolute atomic E-state index is 0.214. The van der Waals surface area contributed by atoms with Gasteiger partial charge >= 0.3 is 6.18 Å². The molecule has 0 fully saturated rings. The first-order valence-electron chi connectivity index (χ1n) is 8.67. The van der Waals surface area contributed by atoms with Crippen molar-refractivity contribution in [3.8, 4) is 5.75 Å². The Kier molecular flexibility index (Phi) is 4.37. The lowest BCUT2D eigenvalue weighted by molar-refractivity contribution is -0.185. The fourth-order valence-corrected chi connectivity index (χ4v) is 3.58. The molecule has 3 heterocycles. The maximum Gasteiger partial charge on any atom is 0.408 e. The van der Waals surface area contributed by atoms with Gasteiger partial charge in [-0.25, -0.2) is 4.98 Å². The summed E-state index contributed by atoms with van der Waals surface area (Å²) in [5, 5.41) is 7.87. The normalized spacial score (nSPS) is 17.6. The van der Waals surface area contributed by atoms with E-state index in [-0.39, 0.29) is 11.5 Å². The van der Waals surface area contributed by atoms with Crippen LogP contribution in [-0.2, 0) is 13.5 Å². The molecule has 0 aliphatic carbocycles. The molecule has 0 amide bonds. The largest absolute Gasteiger partial charge is 0.495 e. The smallest absolute Gasteiger partial charge is 0.408 e. The van der Waals surface area contributed by atoms with Crippen LogP contribution in [0.15, 0.2) is 24.5 Å². The highest BCUT2D eigenvalue weighted by molar-refractivity contribution is 5.75. The number of aromatic nitrogens is 4. The number of aryl methyl sites for hydroxylation is 1. The van der Waals surface area contributed by atoms with Crippen molar-refractivity contribution < 1.29 is 17.9 Å². The molecule has 1 aliphatic heterocycles. The van der Waals surface area contributed by atoms with Gasteiger partial charge in [0.15, 0.2) is 5.65 Å². The molecule has 0 radical (unpaired) electrons. The van der Waals surface area contributed by atoms with Gasteiger partial charge in [-0.2, -0.15) is 23.3 Å². The third-order valence-electron chi connectivity index (χ3n) is 4.96. The van der Waals surface area contributed by atoms with Crippen molar-refractivity contribution in [3.05, 3.63) is 35.7 Å². The Morgan fingerprint density at radius 2 is 2.00 bits per heavy atom. The summed E-state index contributed by atoms with van der Waals surface area (Å²) in [6.07, 6.45) is -0.608. The molecule has 148 valence electrons. The average molecular weight is 392 g/mol. The number of halogens is 3. The first-order chi connectivity index (χ1) is 13.3. The molecule has 28 heavy (non-hydrogen) atoms. The summed E-state index contributed by atoms with van der Waals surface area (Å²) >= 11 is 0. The van der Waals surface area contributed by atoms with Crippen molar-refractivity contribution in [1.29, 1.82) is 0 Å². The summed E-state index contributed by atoms with van der Waals surface area (Å²) in [5.41, 5.74) is 1.84. The van der Waals surface area contributed by atoms with E-state index < -0.39 is 12.2 Å². The van der Waals surface area contributed by atoms with E-state index in [2.05, 4.69) is 20.4 Å². The van der Waals surface area contributed by atoms with E-state index in [1.54, 1.807) is 30.2 Å². The van der Waals surface area contributed by atoms with Crippen molar-refractivity contribution in [1.82, 2.24) is 24.6 Å². The van der Waals surface area contributed by atoms with Gasteiger partial charge in [-0.1, -0.05) is 0 Å². The van der Waals surface area contributed by atoms with E-state index in [1.807, 2.05) is 0 Å². The molecule has 0 spiro atoms. The van der Waals surface area contributed by atoms with Gasteiger partial charge in [0.2, 0.25) is 5.95 Å². The number of rotatable bonds is 3. The highest BCUT2D eigenvalue weighted by Gasteiger charge is 2.46. The maximum absolute atomic E-state index is 13.7. The number of ether oxygens (including phenoxy) is 1. The molecule has 0 saturated heterocycles. The molecular formula is C18H19F3N6O. The van der Waals surface area contributed by atoms with Crippen LogP contribution in [0.4, 0.5) is 24.8 Å². The number of nitrogens with one attached hydrogen (secondary N) is 1. The van der Waals surface area contributed by atoms with Crippen LogP contribution in [0, 0.1) is 0 Å². The van der Waals surface area contributed by atoms with E-state index >= 15 is 0 Å². The number of hydrogen-bond acceptors (Lipinski definition) is 6. The van der Waals surface area contributed by atoms with Gasteiger partial charge in [-0.15, -0.1) is 0 Å². The zero-order valence-electron chi connectivity index (χ0n) is 15.6. The van der Waals surface area contributed by atoms with Crippen molar-refractivity contribution in [2.45, 2.75) is 18.6 Å². The van der Waals surface area contributed by atoms with Crippen molar-refractivity contribution in [3.63, 3.8) is 0 Å². The first kappa shape index (κ1) is 18.5. The Balaban J connectivity index is 1.77. The minimum Gasteiger partial charge on any atom is -0.495 e. The van der Waals surface area contributed by atoms with Crippen molar-refractivity contribution in [2.24, 2.45) is 7.05 Å². The van der Waals surface area contributed by atoms with Crippen LogP contribution in [0.5, 0.6) is 5.75 Å². The Hall–Kier alpha value is -2.88. The first-order valence-corrected chi connectivity index (χ1v) is 8.67. The van der Waals surface area contributed by atoms with Crippen LogP contribution >= 0.6 is 0 Å². The number of benzene rings is 1. The van der Waals surface area contributed by atoms with E-state index in [0.29, 0.717) is 35.6 Å². The zero-order valence-corrected chi connectivity index (χ0v) is 15.6. The zero-order chi connectivity index (χ0) is 20.1. The third kappa shape index (κ3) is 3.13. The molecule has 7 nitrogen and oxygen atoms in total. The summed E-state index contributed by atoms with van der Waals surface area (Å²) in [6.45, 7) is 0.327. The summed E-state index contributed by atoms with van der Waals surface area (Å²) in [4.78, 5) is 9.93. The topological polar surface area (TPSA) is 68.1 Å². The van der Waals surface area contributed by atoms with Gasteiger partial charge in [0, 0.05) is 19.8 Å². The minimum atomic E-state index is -4.38. The summed E-state index contributed by atoms with van der Waals surface area (Å²) < 4.78 is 48.0. The number of anilines is 2. The number of methoxy groups -OCH3 is 1. The second-order valence-electron chi connectivity index (χ2n) is 6.79. The predicted molar refractivity (Wildman–Crippen MR) is 97.7 cm³/mol. The third-order valence-corrected chi connectivity index (χ3v) is 4.96. The Labute approximate surface area is 159 Å². The maximum atomic E-state index is 13.7. The predicted octanol–water partition coefficient (Wildman–Crippen LogP) is 3.21. The number of hydrogen-bond donors (Lipinski definition) is 1. The molecule has 1 atom stereocenters. The SMILES string of the molecule is COc1cc2c(cc1Nc1ncc3cnn(C)c3n1)C(C(F)(F)F)N(C)CC2. The van der Waals surface area contributed by atoms with Gasteiger partial charge in [0.1, 0.15) is 11.8 Å². The van der Waals surface area contributed by atoms with E-state index in [0.717, 1.165) is 5.39 Å². The summed E-state index contributed by atoms with van der Waals surface area (Å²) in [5.74, 6) is 0.694. The van der Waals surface area contributed by atoms with Crippen LogP contribution in [0.2, 0.25) is 0 Å². The summed E-state index contributed by atoms with van der Waals surface area (Å²) in [6, 6.07) is 1.48. The van der Waals surface area contributed by atoms with Crippen LogP contribution < -0.4 is 10.1 Å². The van der Waals surface area contributed by atoms with Gasteiger partial charge in [0.25, 0.3) is 0 Å². The highest BCUT2D eigenvalue weighted by Crippen LogP contribution is 2.44. The molecule has 1 unspecified atom stereocenters. The number of likely N-dealkylation sites (N-methyl/N-ethyl adjacent to an activating group) is 1. The lowest BCUT2D eigenvalue weighted by Crippen LogP contribution is -2.40. The lowest BCUT2D eigenvalue weighted by Gasteiger charge is -2.36. The molecular weight excluding hydrogens is 373 g/mol. The molecule has 2 aromatic heterocycles. The Morgan fingerprint density at radius 1 is 1.21 bits per heavy atom. The van der Waals surface area contributed by atoms with E-state index in [1.165, 1.54) is 25.1 Å². The van der Waals surface area contributed by atoms with Crippen LogP contribution in [0.25, 0.3) is 11.0 Å². The average Bonchev–Trinajstić information content (AvgIpc) is 3.00. The number of fused-ring (bicyclic) bond motifs is 2. The quantitative estimate of drug-likeness (QED) is 0.738. The molecule has 1 aromatic carbocycles. The van der Waals surface area contributed by atoms with Crippen molar-refractivity contribution >= 4 is 22.7 Å². The highest BCUT2D eigenvalue weighted by atomic mass is 19.4. The molecule has 1 aliphatic rings. The fraction of sp³-hybridized carbons (Fsp3) is 0.389. The van der Waals surface area contributed by atoms with Crippen LogP contribution in [0.1, 0.15) is 17.2 Å². The molecule has 0 bridgehead atoms. The van der Waals surface area contributed by atoms with Crippen LogP contribution in [0.3, 0.4) is 0 Å². The Bertz CT molecular complexity index is 1030. The van der Waals surface area contributed by atoms with Gasteiger partial charge < -0.3 is 10.1 Å². The van der Waals surface area contributed by atoms with E-state index in [9.17, 15) is 13.2 Å². The van der Waals surface area contributed by atoms with Crippen LogP contribution in [-0.4, -0.2) is 51.5 Å². The summed E-state index contributed by atoms with van der Waals surface area (Å²) in [7, 11) is 4.72. The van der Waals surface area contributed by atoms with Gasteiger partial charge in [0.05, 0.1) is 24.4 Å². The number of nitrogens with zero attached hydrogens (tertiary/aromatic N) is 5. The molecule has 1 N–H and O–H groups in total. The second kappa shape index (κ2) is 6.62. The monoisotopic (exact) mass is 392 g/mol. The van der Waals surface area contributed by atoms with E-state index in [4.69, 9.17) is 4.74 Å². The Morgan fingerprint density at radius 3 is 2.71 bits per heavy atom. The molecule has 4 rings (SSSR count). The molecule has 0 saturated carbocycles. The molecule has 3 aromatic rings. The van der Waals surface area contributed by atoms with Gasteiger partial charge in [-0.05, 0) is 36.7 Å². The second-order valence-corrected chi connectivity index (χ2v) is 6.79. The lowest BCUT2D eigenvalue weighted by atomic mass is 9.91. The standard InChI is InChI=1S/C18H19F3N6O/c1-26-5-4-10-6-14(28-3)13(7-12(10)15(26)18(19,20)21)24-17-22-8-11-9-23-27(2)16(11)25-17/h6-9,15H,4-5H2,1-3H3,(H,22,24,25). The molecule has 10 heteroatoms.